The summed E-state index contributed by atoms with van der Waals surface area (Å²) < 4.78 is 6.34. The van der Waals surface area contributed by atoms with Crippen molar-refractivity contribution in [1.29, 1.82) is 0 Å². The van der Waals surface area contributed by atoms with Crippen molar-refractivity contribution < 1.29 is 14.5 Å². The monoisotopic (exact) mass is 378 g/mol. The molecule has 0 heterocycles. The van der Waals surface area contributed by atoms with Crippen molar-refractivity contribution in [2.45, 2.75) is 13.8 Å². The summed E-state index contributed by atoms with van der Waals surface area (Å²) in [5.41, 5.74) is 2.47. The van der Waals surface area contributed by atoms with Gasteiger partial charge in [0.2, 0.25) is 0 Å². The van der Waals surface area contributed by atoms with E-state index in [-0.39, 0.29) is 18.2 Å². The second kappa shape index (κ2) is 7.23. The van der Waals surface area contributed by atoms with E-state index in [1.54, 1.807) is 0 Å². The molecule has 23 heavy (non-hydrogen) atoms. The molecule has 7 heteroatoms. The summed E-state index contributed by atoms with van der Waals surface area (Å²) >= 11 is 3.42. The molecule has 1 N–H and O–H groups in total. The zero-order valence-corrected chi connectivity index (χ0v) is 14.2. The van der Waals surface area contributed by atoms with Crippen LogP contribution >= 0.6 is 15.9 Å². The van der Waals surface area contributed by atoms with Crippen LogP contribution in [0.2, 0.25) is 0 Å². The normalized spacial score (nSPS) is 10.2. The first kappa shape index (κ1) is 17.0. The molecule has 0 saturated carbocycles. The SMILES string of the molecule is Cc1cc(C)c(OCC(=O)Nc2ccc([N+](=O)[O-])cc2)c(Br)c1. The number of hydrogen-bond acceptors (Lipinski definition) is 4. The summed E-state index contributed by atoms with van der Waals surface area (Å²) in [5, 5.41) is 13.2. The summed E-state index contributed by atoms with van der Waals surface area (Å²) in [7, 11) is 0. The number of rotatable bonds is 5. The maximum Gasteiger partial charge on any atom is 0.269 e. The number of halogens is 1. The molecular formula is C16H15BrN2O4. The van der Waals surface area contributed by atoms with Crippen LogP contribution in [0.4, 0.5) is 11.4 Å². The van der Waals surface area contributed by atoms with Gasteiger partial charge >= 0.3 is 0 Å². The number of carbonyl (C=O) groups is 1. The van der Waals surface area contributed by atoms with Crippen molar-refractivity contribution in [3.63, 3.8) is 0 Å². The van der Waals surface area contributed by atoms with Crippen LogP contribution in [0.3, 0.4) is 0 Å². The van der Waals surface area contributed by atoms with Crippen LogP contribution in [0.25, 0.3) is 0 Å². The lowest BCUT2D eigenvalue weighted by Crippen LogP contribution is -2.20. The first-order valence-electron chi connectivity index (χ1n) is 6.80. The third kappa shape index (κ3) is 4.53. The molecule has 0 aromatic heterocycles. The number of ether oxygens (including phenoxy) is 1. The smallest absolute Gasteiger partial charge is 0.269 e. The molecular weight excluding hydrogens is 364 g/mol. The van der Waals surface area contributed by atoms with Crippen molar-refractivity contribution in [1.82, 2.24) is 0 Å². The fourth-order valence-electron chi connectivity index (χ4n) is 2.09. The van der Waals surface area contributed by atoms with Gasteiger partial charge in [0.05, 0.1) is 9.40 Å². The second-order valence-corrected chi connectivity index (χ2v) is 5.89. The number of hydrogen-bond donors (Lipinski definition) is 1. The standard InChI is InChI=1S/C16H15BrN2O4/c1-10-7-11(2)16(14(17)8-10)23-9-15(20)18-12-3-5-13(6-4-12)19(21)22/h3-8H,9H2,1-2H3,(H,18,20). The van der Waals surface area contributed by atoms with E-state index in [0.717, 1.165) is 15.6 Å². The molecule has 0 radical (unpaired) electrons. The molecule has 0 bridgehead atoms. The van der Waals surface area contributed by atoms with Gasteiger partial charge in [-0.25, -0.2) is 0 Å². The van der Waals surface area contributed by atoms with E-state index in [1.165, 1.54) is 24.3 Å². The number of benzene rings is 2. The van der Waals surface area contributed by atoms with Crippen molar-refractivity contribution in [3.8, 4) is 5.75 Å². The fourth-order valence-corrected chi connectivity index (χ4v) is 2.87. The van der Waals surface area contributed by atoms with Gasteiger partial charge in [-0.2, -0.15) is 0 Å². The first-order chi connectivity index (χ1) is 10.9. The minimum Gasteiger partial charge on any atom is -0.482 e. The van der Waals surface area contributed by atoms with Crippen LogP contribution in [-0.2, 0) is 4.79 Å². The second-order valence-electron chi connectivity index (χ2n) is 5.03. The Bertz CT molecular complexity index is 721. The van der Waals surface area contributed by atoms with Crippen LogP contribution in [-0.4, -0.2) is 17.4 Å². The molecule has 120 valence electrons. The minimum absolute atomic E-state index is 0.0292. The Morgan fingerprint density at radius 1 is 1.26 bits per heavy atom. The van der Waals surface area contributed by atoms with E-state index in [2.05, 4.69) is 21.2 Å². The van der Waals surface area contributed by atoms with Crippen LogP contribution < -0.4 is 10.1 Å². The number of carbonyl (C=O) groups excluding carboxylic acids is 1. The van der Waals surface area contributed by atoms with E-state index in [4.69, 9.17) is 4.74 Å². The quantitative estimate of drug-likeness (QED) is 0.629. The Balaban J connectivity index is 1.96. The highest BCUT2D eigenvalue weighted by Crippen LogP contribution is 2.30. The van der Waals surface area contributed by atoms with Crippen molar-refractivity contribution in [3.05, 3.63) is 62.1 Å². The van der Waals surface area contributed by atoms with Crippen molar-refractivity contribution in [2.75, 3.05) is 11.9 Å². The number of aryl methyl sites for hydroxylation is 2. The number of nitrogens with one attached hydrogen (secondary N) is 1. The van der Waals surface area contributed by atoms with Crippen molar-refractivity contribution in [2.24, 2.45) is 0 Å². The molecule has 0 unspecified atom stereocenters. The minimum atomic E-state index is -0.494. The molecule has 2 aromatic rings. The third-order valence-electron chi connectivity index (χ3n) is 3.08. The van der Waals surface area contributed by atoms with Crippen molar-refractivity contribution >= 4 is 33.2 Å². The Hall–Kier alpha value is -2.41. The molecule has 0 spiro atoms. The number of nitro groups is 1. The number of nitro benzene ring substituents is 1. The first-order valence-corrected chi connectivity index (χ1v) is 7.60. The topological polar surface area (TPSA) is 81.5 Å². The zero-order valence-electron chi connectivity index (χ0n) is 12.6. The average molecular weight is 379 g/mol. The fraction of sp³-hybridized carbons (Fsp3) is 0.188. The van der Waals surface area contributed by atoms with Gasteiger partial charge in [0.15, 0.2) is 6.61 Å². The van der Waals surface area contributed by atoms with Gasteiger partial charge in [0.1, 0.15) is 5.75 Å². The van der Waals surface area contributed by atoms with Gasteiger partial charge in [-0.3, -0.25) is 14.9 Å². The van der Waals surface area contributed by atoms with Gasteiger partial charge in [-0.15, -0.1) is 0 Å². The molecule has 6 nitrogen and oxygen atoms in total. The largest absolute Gasteiger partial charge is 0.482 e. The third-order valence-corrected chi connectivity index (χ3v) is 3.67. The molecule has 2 rings (SSSR count). The molecule has 0 fully saturated rings. The number of anilines is 1. The van der Waals surface area contributed by atoms with Gasteiger partial charge < -0.3 is 10.1 Å². The molecule has 0 aliphatic heterocycles. The zero-order chi connectivity index (χ0) is 17.0. The molecule has 0 atom stereocenters. The van der Waals surface area contributed by atoms with E-state index in [9.17, 15) is 14.9 Å². The summed E-state index contributed by atoms with van der Waals surface area (Å²) in [6, 6.07) is 9.49. The van der Waals surface area contributed by atoms with E-state index >= 15 is 0 Å². The Morgan fingerprint density at radius 2 is 1.91 bits per heavy atom. The Labute approximate surface area is 141 Å². The predicted molar refractivity (Wildman–Crippen MR) is 90.8 cm³/mol. The van der Waals surface area contributed by atoms with Crippen LogP contribution in [0.15, 0.2) is 40.9 Å². The molecule has 0 aliphatic carbocycles. The lowest BCUT2D eigenvalue weighted by atomic mass is 10.1. The van der Waals surface area contributed by atoms with Gasteiger partial charge in [0, 0.05) is 17.8 Å². The van der Waals surface area contributed by atoms with E-state index in [0.29, 0.717) is 11.4 Å². The summed E-state index contributed by atoms with van der Waals surface area (Å²) in [5.74, 6) is 0.278. The molecule has 0 saturated heterocycles. The lowest BCUT2D eigenvalue weighted by molar-refractivity contribution is -0.384. The number of amides is 1. The van der Waals surface area contributed by atoms with Gasteiger partial charge in [-0.05, 0) is 59.1 Å². The lowest BCUT2D eigenvalue weighted by Gasteiger charge is -2.12. The Morgan fingerprint density at radius 3 is 2.48 bits per heavy atom. The highest BCUT2D eigenvalue weighted by atomic mass is 79.9. The average Bonchev–Trinajstić information content (AvgIpc) is 2.46. The molecule has 0 aliphatic rings. The van der Waals surface area contributed by atoms with Gasteiger partial charge in [-0.1, -0.05) is 6.07 Å². The number of nitrogens with zero attached hydrogens (tertiary/aromatic N) is 1. The maximum atomic E-state index is 11.9. The Kier molecular flexibility index (Phi) is 5.33. The van der Waals surface area contributed by atoms with Crippen LogP contribution in [0, 0.1) is 24.0 Å². The summed E-state index contributed by atoms with van der Waals surface area (Å²) in [4.78, 5) is 22.0. The van der Waals surface area contributed by atoms with Crippen LogP contribution in [0.1, 0.15) is 11.1 Å². The summed E-state index contributed by atoms with van der Waals surface area (Å²) in [6.45, 7) is 3.73. The predicted octanol–water partition coefficient (Wildman–Crippen LogP) is 3.99. The highest BCUT2D eigenvalue weighted by Gasteiger charge is 2.10. The highest BCUT2D eigenvalue weighted by molar-refractivity contribution is 9.10. The maximum absolute atomic E-state index is 11.9. The van der Waals surface area contributed by atoms with Gasteiger partial charge in [0.25, 0.3) is 11.6 Å². The van der Waals surface area contributed by atoms with E-state index < -0.39 is 4.92 Å². The summed E-state index contributed by atoms with van der Waals surface area (Å²) in [6.07, 6.45) is 0. The number of non-ortho nitro benzene ring substituents is 1. The van der Waals surface area contributed by atoms with E-state index in [1.807, 2.05) is 26.0 Å². The molecule has 2 aromatic carbocycles. The molecule has 1 amide bonds. The van der Waals surface area contributed by atoms with Crippen LogP contribution in [0.5, 0.6) is 5.75 Å².